The molecule has 29 heavy (non-hydrogen) atoms. The van der Waals surface area contributed by atoms with Gasteiger partial charge in [-0.15, -0.1) is 0 Å². The predicted molar refractivity (Wildman–Crippen MR) is 111 cm³/mol. The Labute approximate surface area is 174 Å². The van der Waals surface area contributed by atoms with Crippen molar-refractivity contribution in [1.29, 1.82) is 0 Å². The van der Waals surface area contributed by atoms with E-state index in [1.54, 1.807) is 18.2 Å². The van der Waals surface area contributed by atoms with Gasteiger partial charge in [-0.1, -0.05) is 26.0 Å². The Bertz CT molecular complexity index is 810. The van der Waals surface area contributed by atoms with E-state index < -0.39 is 16.6 Å². The first kappa shape index (κ1) is 19.8. The zero-order chi connectivity index (χ0) is 20.7. The molecule has 5 rings (SSSR count). The fourth-order valence-electron chi connectivity index (χ4n) is 8.45. The average molecular weight is 401 g/mol. The van der Waals surface area contributed by atoms with Crippen LogP contribution in [0.1, 0.15) is 77.2 Å². The van der Waals surface area contributed by atoms with E-state index in [1.165, 1.54) is 0 Å². The minimum absolute atomic E-state index is 0.163. The van der Waals surface area contributed by atoms with Gasteiger partial charge in [0.25, 0.3) is 0 Å². The topological polar surface area (TPSA) is 80.9 Å². The molecule has 160 valence electrons. The molecule has 4 aliphatic carbocycles. The van der Waals surface area contributed by atoms with Crippen molar-refractivity contribution in [2.45, 2.75) is 88.9 Å². The number of aromatic hydroxyl groups is 1. The standard InChI is InChI=1S/C25H36O4/c1-22-10-8-19(27)14-16(22)6-7-21-20(22)9-11-23(2)24(28,12-13-25(21,23)29)17-4-3-5-18(26)15-17/h3-5,15-16,19-21,26-29H,6-14H2,1-2H3/t16?,19?,20-,21-,22+,23-,24?,25-/m1/s1. The Morgan fingerprint density at radius 1 is 0.897 bits per heavy atom. The maximum absolute atomic E-state index is 12.2. The van der Waals surface area contributed by atoms with Crippen LogP contribution in [0.3, 0.4) is 0 Å². The van der Waals surface area contributed by atoms with Crippen LogP contribution in [-0.4, -0.2) is 32.1 Å². The van der Waals surface area contributed by atoms with Gasteiger partial charge in [0, 0.05) is 5.41 Å². The Hall–Kier alpha value is -1.10. The number of rotatable bonds is 1. The highest BCUT2D eigenvalue weighted by atomic mass is 16.3. The van der Waals surface area contributed by atoms with Gasteiger partial charge >= 0.3 is 0 Å². The molecule has 0 heterocycles. The van der Waals surface area contributed by atoms with Crippen LogP contribution in [0.25, 0.3) is 0 Å². The molecule has 0 bridgehead atoms. The molecule has 0 radical (unpaired) electrons. The molecule has 1 aromatic carbocycles. The van der Waals surface area contributed by atoms with Crippen molar-refractivity contribution in [3.8, 4) is 5.75 Å². The summed E-state index contributed by atoms with van der Waals surface area (Å²) in [6.07, 6.45) is 7.67. The maximum atomic E-state index is 12.2. The SMILES string of the molecule is C[C@]12CCC(O)CC1CC[C@@H]1[C@H]2CC[C@]2(C)C(O)(c3cccc(O)c3)CC[C@@]12O. The Balaban J connectivity index is 1.53. The van der Waals surface area contributed by atoms with E-state index in [-0.39, 0.29) is 23.2 Å². The second-order valence-corrected chi connectivity index (χ2v) is 11.1. The summed E-state index contributed by atoms with van der Waals surface area (Å²) < 4.78 is 0. The van der Waals surface area contributed by atoms with Crippen molar-refractivity contribution < 1.29 is 20.4 Å². The van der Waals surface area contributed by atoms with Crippen molar-refractivity contribution in [1.82, 2.24) is 0 Å². The van der Waals surface area contributed by atoms with Gasteiger partial charge in [-0.25, -0.2) is 0 Å². The predicted octanol–water partition coefficient (Wildman–Crippen LogP) is 4.10. The Morgan fingerprint density at radius 2 is 1.69 bits per heavy atom. The summed E-state index contributed by atoms with van der Waals surface area (Å²) >= 11 is 0. The summed E-state index contributed by atoms with van der Waals surface area (Å²) in [6, 6.07) is 6.98. The first-order chi connectivity index (χ1) is 13.6. The lowest BCUT2D eigenvalue weighted by Crippen LogP contribution is -2.64. The molecule has 4 fully saturated rings. The van der Waals surface area contributed by atoms with Crippen LogP contribution in [0.5, 0.6) is 5.75 Å². The molecular weight excluding hydrogens is 364 g/mol. The largest absolute Gasteiger partial charge is 0.508 e. The van der Waals surface area contributed by atoms with Gasteiger partial charge in [-0.3, -0.25) is 0 Å². The number of fused-ring (bicyclic) bond motifs is 5. The number of aliphatic hydroxyl groups is 3. The monoisotopic (exact) mass is 400 g/mol. The second kappa shape index (κ2) is 6.21. The highest BCUT2D eigenvalue weighted by Crippen LogP contribution is 2.71. The number of hydrogen-bond acceptors (Lipinski definition) is 4. The van der Waals surface area contributed by atoms with E-state index in [4.69, 9.17) is 0 Å². The van der Waals surface area contributed by atoms with Crippen LogP contribution in [0, 0.1) is 28.6 Å². The number of benzene rings is 1. The molecule has 0 aromatic heterocycles. The summed E-state index contributed by atoms with van der Waals surface area (Å²) in [4.78, 5) is 0. The summed E-state index contributed by atoms with van der Waals surface area (Å²) in [5, 5.41) is 44.4. The lowest BCUT2D eigenvalue weighted by Gasteiger charge is -2.64. The Morgan fingerprint density at radius 3 is 2.45 bits per heavy atom. The molecule has 1 aromatic rings. The molecule has 0 amide bonds. The summed E-state index contributed by atoms with van der Waals surface area (Å²) in [6.45, 7) is 4.49. The number of aliphatic hydroxyl groups excluding tert-OH is 1. The zero-order valence-corrected chi connectivity index (χ0v) is 17.8. The van der Waals surface area contributed by atoms with E-state index in [9.17, 15) is 20.4 Å². The van der Waals surface area contributed by atoms with Crippen molar-refractivity contribution >= 4 is 0 Å². The first-order valence-corrected chi connectivity index (χ1v) is 11.6. The van der Waals surface area contributed by atoms with Crippen molar-refractivity contribution in [2.75, 3.05) is 0 Å². The zero-order valence-electron chi connectivity index (χ0n) is 17.8. The first-order valence-electron chi connectivity index (χ1n) is 11.6. The summed E-state index contributed by atoms with van der Waals surface area (Å²) in [5.41, 5.74) is -1.71. The lowest BCUT2D eigenvalue weighted by molar-refractivity contribution is -0.238. The van der Waals surface area contributed by atoms with E-state index in [0.29, 0.717) is 24.7 Å². The molecule has 4 N–H and O–H groups in total. The normalized spacial score (nSPS) is 51.8. The fraction of sp³-hybridized carbons (Fsp3) is 0.760. The number of phenolic OH excluding ortho intramolecular Hbond substituents is 1. The fourth-order valence-corrected chi connectivity index (χ4v) is 8.45. The molecule has 4 saturated carbocycles. The lowest BCUT2D eigenvalue weighted by atomic mass is 9.43. The minimum Gasteiger partial charge on any atom is -0.508 e. The van der Waals surface area contributed by atoms with Gasteiger partial charge < -0.3 is 20.4 Å². The molecule has 3 unspecified atom stereocenters. The molecule has 4 nitrogen and oxygen atoms in total. The van der Waals surface area contributed by atoms with E-state index in [0.717, 1.165) is 50.5 Å². The van der Waals surface area contributed by atoms with Crippen LogP contribution >= 0.6 is 0 Å². The van der Waals surface area contributed by atoms with Gasteiger partial charge in [0.2, 0.25) is 0 Å². The quantitative estimate of drug-likeness (QED) is 0.572. The van der Waals surface area contributed by atoms with Crippen molar-refractivity contribution in [3.05, 3.63) is 29.8 Å². The smallest absolute Gasteiger partial charge is 0.115 e. The molecule has 0 spiro atoms. The van der Waals surface area contributed by atoms with E-state index >= 15 is 0 Å². The van der Waals surface area contributed by atoms with E-state index in [1.807, 2.05) is 6.07 Å². The maximum Gasteiger partial charge on any atom is 0.115 e. The molecule has 8 atom stereocenters. The average Bonchev–Trinajstić information content (AvgIpc) is 2.91. The van der Waals surface area contributed by atoms with Crippen LogP contribution in [0.15, 0.2) is 24.3 Å². The summed E-state index contributed by atoms with van der Waals surface area (Å²) in [5.74, 6) is 1.37. The highest BCUT2D eigenvalue weighted by Gasteiger charge is 2.72. The minimum atomic E-state index is -1.12. The molecule has 4 aliphatic rings. The third kappa shape index (κ3) is 2.43. The third-order valence-electron chi connectivity index (χ3n) is 10.3. The molecular formula is C25H36O4. The number of hydrogen-bond donors (Lipinski definition) is 4. The van der Waals surface area contributed by atoms with Crippen LogP contribution in [-0.2, 0) is 5.60 Å². The van der Waals surface area contributed by atoms with Gasteiger partial charge in [0.1, 0.15) is 5.75 Å². The van der Waals surface area contributed by atoms with Gasteiger partial charge in [-0.05, 0) is 98.7 Å². The number of phenols is 1. The Kier molecular flexibility index (Phi) is 4.25. The van der Waals surface area contributed by atoms with Gasteiger partial charge in [0.05, 0.1) is 17.3 Å². The summed E-state index contributed by atoms with van der Waals surface area (Å²) in [7, 11) is 0. The molecule has 0 saturated heterocycles. The highest BCUT2D eigenvalue weighted by molar-refractivity contribution is 5.37. The molecule has 4 heteroatoms. The van der Waals surface area contributed by atoms with Gasteiger partial charge in [0.15, 0.2) is 0 Å². The van der Waals surface area contributed by atoms with Crippen LogP contribution < -0.4 is 0 Å². The van der Waals surface area contributed by atoms with Crippen molar-refractivity contribution in [2.24, 2.45) is 28.6 Å². The third-order valence-corrected chi connectivity index (χ3v) is 10.3. The van der Waals surface area contributed by atoms with Gasteiger partial charge in [-0.2, -0.15) is 0 Å². The van der Waals surface area contributed by atoms with Crippen molar-refractivity contribution in [3.63, 3.8) is 0 Å². The molecule has 0 aliphatic heterocycles. The van der Waals surface area contributed by atoms with Crippen LogP contribution in [0.4, 0.5) is 0 Å². The second-order valence-electron chi connectivity index (χ2n) is 11.1. The van der Waals surface area contributed by atoms with Crippen LogP contribution in [0.2, 0.25) is 0 Å². The van der Waals surface area contributed by atoms with E-state index in [2.05, 4.69) is 13.8 Å².